The zero-order valence-corrected chi connectivity index (χ0v) is 14.4. The van der Waals surface area contributed by atoms with Crippen LogP contribution in [0.25, 0.3) is 10.9 Å². The van der Waals surface area contributed by atoms with E-state index in [-0.39, 0.29) is 12.2 Å². The molecule has 2 amide bonds. The molecule has 1 heterocycles. The Balaban J connectivity index is 1.59. The van der Waals surface area contributed by atoms with Crippen molar-refractivity contribution in [2.45, 2.75) is 12.3 Å². The van der Waals surface area contributed by atoms with Gasteiger partial charge in [-0.2, -0.15) is 13.2 Å². The normalized spacial score (nSPS) is 12.8. The van der Waals surface area contributed by atoms with Crippen molar-refractivity contribution in [3.8, 4) is 0 Å². The monoisotopic (exact) mass is 377 g/mol. The zero-order valence-electron chi connectivity index (χ0n) is 14.4. The third kappa shape index (κ3) is 4.40. The summed E-state index contributed by atoms with van der Waals surface area (Å²) in [5.41, 5.74) is 0.813. The van der Waals surface area contributed by atoms with Gasteiger partial charge in [0, 0.05) is 31.0 Å². The number of aliphatic hydroxyl groups excluding tert-OH is 1. The van der Waals surface area contributed by atoms with Gasteiger partial charge < -0.3 is 20.3 Å². The Morgan fingerprint density at radius 2 is 1.96 bits per heavy atom. The first-order chi connectivity index (χ1) is 12.7. The summed E-state index contributed by atoms with van der Waals surface area (Å²) < 4.78 is 40.0. The van der Waals surface area contributed by atoms with Gasteiger partial charge in [-0.15, -0.1) is 0 Å². The Bertz CT molecular complexity index is 966. The van der Waals surface area contributed by atoms with Crippen LogP contribution in [0.4, 0.5) is 23.7 Å². The molecule has 0 spiro atoms. The molecule has 8 heteroatoms. The molecule has 0 aliphatic heterocycles. The molecule has 3 aromatic rings. The minimum Gasteiger partial charge on any atom is -0.387 e. The lowest BCUT2D eigenvalue weighted by Gasteiger charge is -2.14. The molecular formula is C19H18F3N3O2. The number of fused-ring (bicyclic) bond motifs is 1. The first-order valence-electron chi connectivity index (χ1n) is 8.19. The van der Waals surface area contributed by atoms with Crippen molar-refractivity contribution in [1.82, 2.24) is 9.88 Å². The van der Waals surface area contributed by atoms with E-state index in [4.69, 9.17) is 0 Å². The number of anilines is 1. The summed E-state index contributed by atoms with van der Waals surface area (Å²) in [5, 5.41) is 16.0. The molecule has 0 fully saturated rings. The predicted octanol–water partition coefficient (Wildman–Crippen LogP) is 4.05. The second kappa shape index (κ2) is 7.32. The van der Waals surface area contributed by atoms with Crippen molar-refractivity contribution in [3.05, 3.63) is 65.9 Å². The van der Waals surface area contributed by atoms with Gasteiger partial charge >= 0.3 is 12.2 Å². The fourth-order valence-electron chi connectivity index (χ4n) is 2.76. The van der Waals surface area contributed by atoms with Gasteiger partial charge in [-0.05, 0) is 47.3 Å². The molecule has 142 valence electrons. The number of aliphatic hydroxyl groups is 1. The van der Waals surface area contributed by atoms with E-state index < -0.39 is 23.9 Å². The Morgan fingerprint density at radius 3 is 2.70 bits per heavy atom. The van der Waals surface area contributed by atoms with Crippen molar-refractivity contribution in [3.63, 3.8) is 0 Å². The highest BCUT2D eigenvalue weighted by Gasteiger charge is 2.30. The number of alkyl halides is 3. The van der Waals surface area contributed by atoms with E-state index in [0.29, 0.717) is 5.56 Å². The summed E-state index contributed by atoms with van der Waals surface area (Å²) in [7, 11) is 1.91. The highest BCUT2D eigenvalue weighted by molar-refractivity contribution is 5.89. The van der Waals surface area contributed by atoms with Gasteiger partial charge in [0.15, 0.2) is 0 Å². The van der Waals surface area contributed by atoms with Crippen LogP contribution in [0.2, 0.25) is 0 Å². The first-order valence-corrected chi connectivity index (χ1v) is 8.19. The van der Waals surface area contributed by atoms with Crippen molar-refractivity contribution >= 4 is 22.6 Å². The van der Waals surface area contributed by atoms with E-state index in [1.807, 2.05) is 36.0 Å². The Labute approximate surface area is 153 Å². The number of aryl methyl sites for hydroxylation is 1. The number of halogens is 3. The maximum absolute atomic E-state index is 12.7. The van der Waals surface area contributed by atoms with E-state index in [2.05, 4.69) is 10.6 Å². The van der Waals surface area contributed by atoms with Crippen LogP contribution >= 0.6 is 0 Å². The number of hydrogen-bond donors (Lipinski definition) is 3. The van der Waals surface area contributed by atoms with Gasteiger partial charge in [0.1, 0.15) is 0 Å². The van der Waals surface area contributed by atoms with Crippen LogP contribution in [-0.4, -0.2) is 22.2 Å². The van der Waals surface area contributed by atoms with E-state index in [9.17, 15) is 23.1 Å². The summed E-state index contributed by atoms with van der Waals surface area (Å²) in [6, 6.07) is 11.0. The third-order valence-corrected chi connectivity index (χ3v) is 4.20. The van der Waals surface area contributed by atoms with Gasteiger partial charge in [-0.1, -0.05) is 12.1 Å². The Hall–Kier alpha value is -3.00. The Morgan fingerprint density at radius 1 is 1.19 bits per heavy atom. The molecule has 0 radical (unpaired) electrons. The van der Waals surface area contributed by atoms with Crippen LogP contribution in [0.3, 0.4) is 0 Å². The van der Waals surface area contributed by atoms with E-state index >= 15 is 0 Å². The smallest absolute Gasteiger partial charge is 0.387 e. The summed E-state index contributed by atoms with van der Waals surface area (Å²) in [4.78, 5) is 11.9. The number of benzene rings is 2. The molecule has 1 unspecified atom stereocenters. The lowest BCUT2D eigenvalue weighted by atomic mass is 10.1. The number of nitrogens with one attached hydrogen (secondary N) is 2. The Kier molecular flexibility index (Phi) is 5.09. The number of amides is 2. The van der Waals surface area contributed by atoms with Crippen LogP contribution in [-0.2, 0) is 13.2 Å². The van der Waals surface area contributed by atoms with E-state index in [1.165, 1.54) is 12.1 Å². The fourth-order valence-corrected chi connectivity index (χ4v) is 2.76. The minimum absolute atomic E-state index is 0.0162. The lowest BCUT2D eigenvalue weighted by molar-refractivity contribution is -0.137. The lowest BCUT2D eigenvalue weighted by Crippen LogP contribution is -2.32. The van der Waals surface area contributed by atoms with Crippen molar-refractivity contribution < 1.29 is 23.1 Å². The summed E-state index contributed by atoms with van der Waals surface area (Å²) in [6.45, 7) is -0.0802. The quantitative estimate of drug-likeness (QED) is 0.642. The van der Waals surface area contributed by atoms with Gasteiger partial charge in [0.2, 0.25) is 0 Å². The number of urea groups is 1. The molecule has 27 heavy (non-hydrogen) atoms. The number of carbonyl (C=O) groups excluding carboxylic acids is 1. The second-order valence-electron chi connectivity index (χ2n) is 6.17. The summed E-state index contributed by atoms with van der Waals surface area (Å²) in [5.74, 6) is 0. The molecule has 0 bridgehead atoms. The summed E-state index contributed by atoms with van der Waals surface area (Å²) >= 11 is 0. The second-order valence-corrected chi connectivity index (χ2v) is 6.17. The molecule has 0 aliphatic carbocycles. The van der Waals surface area contributed by atoms with Crippen LogP contribution in [0.1, 0.15) is 17.2 Å². The van der Waals surface area contributed by atoms with Crippen molar-refractivity contribution in [1.29, 1.82) is 0 Å². The number of carbonyl (C=O) groups is 1. The van der Waals surface area contributed by atoms with Crippen LogP contribution in [0.5, 0.6) is 0 Å². The highest BCUT2D eigenvalue weighted by Crippen LogP contribution is 2.30. The number of rotatable bonds is 4. The van der Waals surface area contributed by atoms with Gasteiger partial charge in [-0.25, -0.2) is 4.79 Å². The molecule has 5 nitrogen and oxygen atoms in total. The molecule has 3 rings (SSSR count). The number of aromatic nitrogens is 1. The van der Waals surface area contributed by atoms with E-state index in [1.54, 1.807) is 6.07 Å². The number of nitrogens with zero attached hydrogens (tertiary/aromatic N) is 1. The average molecular weight is 377 g/mol. The molecule has 1 aromatic heterocycles. The minimum atomic E-state index is -4.49. The average Bonchev–Trinajstić information content (AvgIpc) is 2.99. The molecule has 0 saturated heterocycles. The molecule has 1 atom stereocenters. The van der Waals surface area contributed by atoms with Crippen molar-refractivity contribution in [2.24, 2.45) is 7.05 Å². The standard InChI is InChI=1S/C19H18F3N3O2/c1-25-8-7-12-9-13(5-6-16(12)25)17(26)11-23-18(27)24-15-4-2-3-14(10-15)19(20,21)22/h2-10,17,26H,11H2,1H3,(H2,23,24,27). The zero-order chi connectivity index (χ0) is 19.6. The first kappa shape index (κ1) is 18.8. The molecule has 3 N–H and O–H groups in total. The van der Waals surface area contributed by atoms with Gasteiger partial charge in [0.05, 0.1) is 11.7 Å². The largest absolute Gasteiger partial charge is 0.416 e. The fraction of sp³-hybridized carbons (Fsp3) is 0.211. The summed E-state index contributed by atoms with van der Waals surface area (Å²) in [6.07, 6.45) is -3.52. The molecule has 0 saturated carbocycles. The van der Waals surface area contributed by atoms with Gasteiger partial charge in [0.25, 0.3) is 0 Å². The number of hydrogen-bond acceptors (Lipinski definition) is 2. The van der Waals surface area contributed by atoms with Gasteiger partial charge in [-0.3, -0.25) is 0 Å². The van der Waals surface area contributed by atoms with E-state index in [0.717, 1.165) is 23.0 Å². The van der Waals surface area contributed by atoms with Crippen LogP contribution < -0.4 is 10.6 Å². The predicted molar refractivity (Wildman–Crippen MR) is 96.3 cm³/mol. The third-order valence-electron chi connectivity index (χ3n) is 4.20. The highest BCUT2D eigenvalue weighted by atomic mass is 19.4. The van der Waals surface area contributed by atoms with Crippen LogP contribution in [0, 0.1) is 0 Å². The topological polar surface area (TPSA) is 66.3 Å². The molecule has 2 aromatic carbocycles. The maximum atomic E-state index is 12.7. The van der Waals surface area contributed by atoms with Crippen LogP contribution in [0.15, 0.2) is 54.7 Å². The molecular weight excluding hydrogens is 359 g/mol. The van der Waals surface area contributed by atoms with Crippen molar-refractivity contribution in [2.75, 3.05) is 11.9 Å². The maximum Gasteiger partial charge on any atom is 0.416 e. The molecule has 0 aliphatic rings. The SMILES string of the molecule is Cn1ccc2cc(C(O)CNC(=O)Nc3cccc(C(F)(F)F)c3)ccc21.